The summed E-state index contributed by atoms with van der Waals surface area (Å²) in [6.07, 6.45) is 4.64. The Morgan fingerprint density at radius 2 is 2.33 bits per heavy atom. The summed E-state index contributed by atoms with van der Waals surface area (Å²) < 4.78 is 7.05. The molecule has 1 fully saturated rings. The summed E-state index contributed by atoms with van der Waals surface area (Å²) in [6, 6.07) is 0.0301. The second-order valence-electron chi connectivity index (χ2n) is 4.64. The highest BCUT2D eigenvalue weighted by Crippen LogP contribution is 2.12. The van der Waals surface area contributed by atoms with E-state index in [4.69, 9.17) is 4.74 Å². The molecular formula is C12H20N4O2. The van der Waals surface area contributed by atoms with Crippen molar-refractivity contribution in [3.8, 4) is 0 Å². The Labute approximate surface area is 107 Å². The Kier molecular flexibility index (Phi) is 4.19. The molecule has 1 unspecified atom stereocenters. The molecule has 0 bridgehead atoms. The minimum absolute atomic E-state index is 0.169. The number of carbonyl (C=O) groups is 1. The highest BCUT2D eigenvalue weighted by molar-refractivity contribution is 5.89. The van der Waals surface area contributed by atoms with E-state index in [2.05, 4.69) is 15.7 Å². The average molecular weight is 252 g/mol. The minimum Gasteiger partial charge on any atom is -0.381 e. The molecule has 100 valence electrons. The van der Waals surface area contributed by atoms with Gasteiger partial charge in [0.15, 0.2) is 0 Å². The zero-order valence-electron chi connectivity index (χ0n) is 10.9. The van der Waals surface area contributed by atoms with E-state index in [9.17, 15) is 4.79 Å². The molecule has 0 aliphatic carbocycles. The van der Waals surface area contributed by atoms with Gasteiger partial charge < -0.3 is 15.4 Å². The fourth-order valence-corrected chi connectivity index (χ4v) is 2.11. The van der Waals surface area contributed by atoms with E-state index in [0.717, 1.165) is 43.9 Å². The second kappa shape index (κ2) is 5.86. The van der Waals surface area contributed by atoms with Crippen molar-refractivity contribution in [1.29, 1.82) is 0 Å². The van der Waals surface area contributed by atoms with E-state index < -0.39 is 0 Å². The lowest BCUT2D eigenvalue weighted by Gasteiger charge is -2.15. The summed E-state index contributed by atoms with van der Waals surface area (Å²) in [6.45, 7) is 3.38. The number of carbonyl (C=O) groups excluding carboxylic acids is 1. The molecule has 2 rings (SSSR count). The first-order valence-corrected chi connectivity index (χ1v) is 6.30. The smallest absolute Gasteiger partial charge is 0.319 e. The number of aromatic nitrogens is 2. The van der Waals surface area contributed by atoms with Crippen molar-refractivity contribution in [3.05, 3.63) is 11.9 Å². The van der Waals surface area contributed by atoms with Gasteiger partial charge >= 0.3 is 6.03 Å². The van der Waals surface area contributed by atoms with Crippen LogP contribution in [0.15, 0.2) is 6.20 Å². The van der Waals surface area contributed by atoms with E-state index in [1.165, 1.54) is 0 Å². The number of aryl methyl sites for hydroxylation is 2. The fraction of sp³-hybridized carbons (Fsp3) is 0.667. The number of urea groups is 1. The first-order valence-electron chi connectivity index (χ1n) is 6.30. The summed E-state index contributed by atoms with van der Waals surface area (Å²) in [4.78, 5) is 11.9. The van der Waals surface area contributed by atoms with Gasteiger partial charge in [-0.15, -0.1) is 0 Å². The number of hydrogen-bond acceptors (Lipinski definition) is 3. The van der Waals surface area contributed by atoms with E-state index in [1.54, 1.807) is 10.9 Å². The zero-order valence-corrected chi connectivity index (χ0v) is 10.9. The SMILES string of the molecule is Cc1nn(C)cc1NC(=O)NC1CCCOCC1. The van der Waals surface area contributed by atoms with Crippen molar-refractivity contribution < 1.29 is 9.53 Å². The maximum absolute atomic E-state index is 11.9. The Morgan fingerprint density at radius 1 is 1.50 bits per heavy atom. The van der Waals surface area contributed by atoms with Gasteiger partial charge in [-0.05, 0) is 26.2 Å². The van der Waals surface area contributed by atoms with Gasteiger partial charge in [0.1, 0.15) is 0 Å². The van der Waals surface area contributed by atoms with Gasteiger partial charge in [-0.3, -0.25) is 4.68 Å². The average Bonchev–Trinajstić information content (AvgIpc) is 2.54. The molecule has 0 aromatic carbocycles. The van der Waals surface area contributed by atoms with Crippen molar-refractivity contribution >= 4 is 11.7 Å². The fourth-order valence-electron chi connectivity index (χ4n) is 2.11. The monoisotopic (exact) mass is 252 g/mol. The second-order valence-corrected chi connectivity index (χ2v) is 4.64. The molecule has 2 heterocycles. The number of hydrogen-bond donors (Lipinski definition) is 2. The van der Waals surface area contributed by atoms with Crippen molar-refractivity contribution in [2.45, 2.75) is 32.2 Å². The third kappa shape index (κ3) is 3.46. The number of anilines is 1. The van der Waals surface area contributed by atoms with Crippen LogP contribution in [-0.4, -0.2) is 35.1 Å². The predicted molar refractivity (Wildman–Crippen MR) is 68.6 cm³/mol. The normalized spacial score (nSPS) is 20.2. The van der Waals surface area contributed by atoms with Gasteiger partial charge in [-0.2, -0.15) is 5.10 Å². The topological polar surface area (TPSA) is 68.2 Å². The molecule has 6 heteroatoms. The van der Waals surface area contributed by atoms with Crippen LogP contribution in [0.2, 0.25) is 0 Å². The minimum atomic E-state index is -0.169. The van der Waals surface area contributed by atoms with Crippen LogP contribution in [0.5, 0.6) is 0 Å². The maximum atomic E-state index is 11.9. The summed E-state index contributed by atoms with van der Waals surface area (Å²) in [5, 5.41) is 9.98. The third-order valence-electron chi connectivity index (χ3n) is 3.05. The molecule has 1 aromatic heterocycles. The summed E-state index contributed by atoms with van der Waals surface area (Å²) >= 11 is 0. The van der Waals surface area contributed by atoms with Crippen molar-refractivity contribution in [3.63, 3.8) is 0 Å². The third-order valence-corrected chi connectivity index (χ3v) is 3.05. The highest BCUT2D eigenvalue weighted by atomic mass is 16.5. The molecule has 18 heavy (non-hydrogen) atoms. The van der Waals surface area contributed by atoms with E-state index in [0.29, 0.717) is 0 Å². The first-order chi connectivity index (χ1) is 8.65. The molecule has 2 N–H and O–H groups in total. The lowest BCUT2D eigenvalue weighted by atomic mass is 10.1. The molecule has 1 aliphatic heterocycles. The Balaban J connectivity index is 1.86. The standard InChI is InChI=1S/C12H20N4O2/c1-9-11(8-16(2)15-9)14-12(17)13-10-4-3-6-18-7-5-10/h8,10H,3-7H2,1-2H3,(H2,13,14,17). The van der Waals surface area contributed by atoms with Crippen LogP contribution >= 0.6 is 0 Å². The van der Waals surface area contributed by atoms with Gasteiger partial charge in [-0.25, -0.2) is 4.79 Å². The molecule has 0 spiro atoms. The van der Waals surface area contributed by atoms with Crippen molar-refractivity contribution in [2.75, 3.05) is 18.5 Å². The molecule has 1 aliphatic rings. The molecule has 1 atom stereocenters. The van der Waals surface area contributed by atoms with Crippen LogP contribution in [0.1, 0.15) is 25.0 Å². The summed E-state index contributed by atoms with van der Waals surface area (Å²) in [7, 11) is 1.83. The van der Waals surface area contributed by atoms with E-state index in [1.807, 2.05) is 14.0 Å². The molecule has 1 aromatic rings. The van der Waals surface area contributed by atoms with E-state index >= 15 is 0 Å². The zero-order chi connectivity index (χ0) is 13.0. The quantitative estimate of drug-likeness (QED) is 0.836. The molecule has 2 amide bonds. The largest absolute Gasteiger partial charge is 0.381 e. The van der Waals surface area contributed by atoms with Gasteiger partial charge in [-0.1, -0.05) is 0 Å². The number of amides is 2. The van der Waals surface area contributed by atoms with Crippen LogP contribution in [0.4, 0.5) is 10.5 Å². The van der Waals surface area contributed by atoms with Crippen LogP contribution in [-0.2, 0) is 11.8 Å². The molecule has 0 radical (unpaired) electrons. The van der Waals surface area contributed by atoms with Crippen LogP contribution in [0, 0.1) is 6.92 Å². The van der Waals surface area contributed by atoms with Gasteiger partial charge in [0.2, 0.25) is 0 Å². The first kappa shape index (κ1) is 12.9. The summed E-state index contributed by atoms with van der Waals surface area (Å²) in [5.41, 5.74) is 1.57. The van der Waals surface area contributed by atoms with Crippen molar-refractivity contribution in [1.82, 2.24) is 15.1 Å². The Hall–Kier alpha value is -1.56. The number of rotatable bonds is 2. The van der Waals surface area contributed by atoms with Gasteiger partial charge in [0, 0.05) is 32.5 Å². The number of ether oxygens (including phenoxy) is 1. The van der Waals surface area contributed by atoms with Crippen molar-refractivity contribution in [2.24, 2.45) is 7.05 Å². The van der Waals surface area contributed by atoms with Crippen LogP contribution in [0.3, 0.4) is 0 Å². The lowest BCUT2D eigenvalue weighted by Crippen LogP contribution is -2.38. The van der Waals surface area contributed by atoms with Gasteiger partial charge in [0.05, 0.1) is 11.4 Å². The maximum Gasteiger partial charge on any atom is 0.319 e. The molecule has 0 saturated carbocycles. The number of nitrogens with one attached hydrogen (secondary N) is 2. The molecule has 1 saturated heterocycles. The Morgan fingerprint density at radius 3 is 3.06 bits per heavy atom. The molecular weight excluding hydrogens is 232 g/mol. The lowest BCUT2D eigenvalue weighted by molar-refractivity contribution is 0.143. The molecule has 6 nitrogen and oxygen atoms in total. The van der Waals surface area contributed by atoms with Gasteiger partial charge in [0.25, 0.3) is 0 Å². The predicted octanol–water partition coefficient (Wildman–Crippen LogP) is 1.42. The highest BCUT2D eigenvalue weighted by Gasteiger charge is 2.15. The number of nitrogens with zero attached hydrogens (tertiary/aromatic N) is 2. The van der Waals surface area contributed by atoms with Crippen LogP contribution < -0.4 is 10.6 Å². The Bertz CT molecular complexity index is 408. The van der Waals surface area contributed by atoms with E-state index in [-0.39, 0.29) is 12.1 Å². The van der Waals surface area contributed by atoms with Crippen LogP contribution in [0.25, 0.3) is 0 Å². The summed E-state index contributed by atoms with van der Waals surface area (Å²) in [5.74, 6) is 0.